The molecule has 6 nitrogen and oxygen atoms in total. The van der Waals surface area contributed by atoms with E-state index in [1.165, 1.54) is 17.6 Å². The van der Waals surface area contributed by atoms with Crippen LogP contribution in [-0.4, -0.2) is 31.1 Å². The highest BCUT2D eigenvalue weighted by molar-refractivity contribution is 5.91. The molecule has 2 rings (SSSR count). The van der Waals surface area contributed by atoms with Crippen molar-refractivity contribution in [2.75, 3.05) is 19.5 Å². The number of urea groups is 1. The predicted molar refractivity (Wildman–Crippen MR) is 100 cm³/mol. The maximum Gasteiger partial charge on any atom is 0.341 e. The van der Waals surface area contributed by atoms with E-state index in [2.05, 4.69) is 26.1 Å². The van der Waals surface area contributed by atoms with Crippen LogP contribution in [0.4, 0.5) is 10.5 Å². The molecule has 0 fully saturated rings. The van der Waals surface area contributed by atoms with Gasteiger partial charge in [0.2, 0.25) is 0 Å². The van der Waals surface area contributed by atoms with Crippen molar-refractivity contribution >= 4 is 17.7 Å². The normalized spacial score (nSPS) is 11.2. The minimum atomic E-state index is -0.455. The lowest BCUT2D eigenvalue weighted by atomic mass is 9.87. The summed E-state index contributed by atoms with van der Waals surface area (Å²) in [6, 6.07) is 9.13. The number of anilines is 1. The zero-order chi connectivity index (χ0) is 19.5. The van der Waals surface area contributed by atoms with E-state index < -0.39 is 5.97 Å². The van der Waals surface area contributed by atoms with Gasteiger partial charge in [-0.25, -0.2) is 9.59 Å². The second kappa shape index (κ2) is 7.64. The van der Waals surface area contributed by atoms with E-state index in [-0.39, 0.29) is 18.0 Å². The van der Waals surface area contributed by atoms with Crippen LogP contribution in [0, 0.1) is 6.92 Å². The number of aryl methyl sites for hydroxylation is 1. The Labute approximate surface area is 154 Å². The first-order chi connectivity index (χ1) is 12.1. The van der Waals surface area contributed by atoms with Gasteiger partial charge in [-0.15, -0.1) is 0 Å². The Balaban J connectivity index is 2.00. The van der Waals surface area contributed by atoms with E-state index in [0.29, 0.717) is 17.1 Å². The minimum Gasteiger partial charge on any atom is -0.465 e. The molecule has 26 heavy (non-hydrogen) atoms. The second-order valence-electron chi connectivity index (χ2n) is 7.29. The maximum absolute atomic E-state index is 12.4. The molecule has 0 aliphatic carbocycles. The zero-order valence-corrected chi connectivity index (χ0v) is 16.2. The molecule has 1 N–H and O–H groups in total. The van der Waals surface area contributed by atoms with Crippen molar-refractivity contribution < 1.29 is 18.7 Å². The Bertz CT molecular complexity index is 785. The Morgan fingerprint density at radius 1 is 1.19 bits per heavy atom. The highest BCUT2D eigenvalue weighted by atomic mass is 16.5. The summed E-state index contributed by atoms with van der Waals surface area (Å²) >= 11 is 0. The molecule has 1 aromatic heterocycles. The average Bonchev–Trinajstić information content (AvgIpc) is 2.94. The number of nitrogens with zero attached hydrogens (tertiary/aromatic N) is 1. The first-order valence-electron chi connectivity index (χ1n) is 8.42. The molecular formula is C20H26N2O4. The van der Waals surface area contributed by atoms with Gasteiger partial charge in [0.15, 0.2) is 0 Å². The van der Waals surface area contributed by atoms with Gasteiger partial charge in [-0.2, -0.15) is 0 Å². The van der Waals surface area contributed by atoms with Crippen molar-refractivity contribution in [2.45, 2.75) is 39.7 Å². The predicted octanol–water partition coefficient (Wildman–Crippen LogP) is 4.34. The number of carbonyl (C=O) groups is 2. The number of carbonyl (C=O) groups excluding carboxylic acids is 2. The molecule has 1 aromatic carbocycles. The minimum absolute atomic E-state index is 0.0633. The molecule has 0 atom stereocenters. The summed E-state index contributed by atoms with van der Waals surface area (Å²) in [4.78, 5) is 25.5. The van der Waals surface area contributed by atoms with Crippen LogP contribution in [0.3, 0.4) is 0 Å². The van der Waals surface area contributed by atoms with Crippen LogP contribution < -0.4 is 5.32 Å². The number of esters is 1. The highest BCUT2D eigenvalue weighted by Gasteiger charge is 2.18. The van der Waals surface area contributed by atoms with Crippen LogP contribution in [0.2, 0.25) is 0 Å². The second-order valence-corrected chi connectivity index (χ2v) is 7.29. The van der Waals surface area contributed by atoms with E-state index in [1.54, 1.807) is 20.0 Å². The monoisotopic (exact) mass is 358 g/mol. The van der Waals surface area contributed by atoms with Crippen LogP contribution >= 0.6 is 0 Å². The number of rotatable bonds is 4. The molecule has 0 aliphatic rings. The lowest BCUT2D eigenvalue weighted by Crippen LogP contribution is -2.30. The fraction of sp³-hybridized carbons (Fsp3) is 0.400. The van der Waals surface area contributed by atoms with Crippen molar-refractivity contribution in [1.29, 1.82) is 0 Å². The van der Waals surface area contributed by atoms with Gasteiger partial charge in [0.05, 0.1) is 13.7 Å². The molecule has 0 saturated heterocycles. The summed E-state index contributed by atoms with van der Waals surface area (Å²) in [6.45, 7) is 8.35. The van der Waals surface area contributed by atoms with Crippen LogP contribution in [0.15, 0.2) is 34.7 Å². The van der Waals surface area contributed by atoms with Crippen molar-refractivity contribution in [3.63, 3.8) is 0 Å². The summed E-state index contributed by atoms with van der Waals surface area (Å²) in [7, 11) is 2.98. The summed E-state index contributed by atoms with van der Waals surface area (Å²) in [5, 5.41) is 2.85. The van der Waals surface area contributed by atoms with Crippen molar-refractivity contribution in [3.05, 3.63) is 53.0 Å². The van der Waals surface area contributed by atoms with E-state index in [9.17, 15) is 9.59 Å². The zero-order valence-electron chi connectivity index (χ0n) is 16.2. The van der Waals surface area contributed by atoms with Gasteiger partial charge in [0, 0.05) is 12.7 Å². The number of hydrogen-bond donors (Lipinski definition) is 1. The Kier molecular flexibility index (Phi) is 5.75. The number of methoxy groups -OCH3 is 1. The van der Waals surface area contributed by atoms with Gasteiger partial charge >= 0.3 is 12.0 Å². The third-order valence-electron chi connectivity index (χ3n) is 4.12. The van der Waals surface area contributed by atoms with Gasteiger partial charge in [0.1, 0.15) is 17.1 Å². The lowest BCUT2D eigenvalue weighted by Gasteiger charge is -2.20. The van der Waals surface area contributed by atoms with E-state index >= 15 is 0 Å². The molecular weight excluding hydrogens is 332 g/mol. The first kappa shape index (κ1) is 19.6. The first-order valence-corrected chi connectivity index (χ1v) is 8.42. The van der Waals surface area contributed by atoms with Crippen LogP contribution in [0.1, 0.15) is 48.2 Å². The molecule has 0 bridgehead atoms. The molecule has 2 aromatic rings. The third-order valence-corrected chi connectivity index (χ3v) is 4.12. The molecule has 0 saturated carbocycles. The topological polar surface area (TPSA) is 71.8 Å². The van der Waals surface area contributed by atoms with Crippen molar-refractivity contribution in [2.24, 2.45) is 0 Å². The lowest BCUT2D eigenvalue weighted by molar-refractivity contribution is 0.0598. The molecule has 0 unspecified atom stereocenters. The number of furan rings is 1. The van der Waals surface area contributed by atoms with Gasteiger partial charge in [0.25, 0.3) is 0 Å². The van der Waals surface area contributed by atoms with E-state index in [0.717, 1.165) is 5.69 Å². The maximum atomic E-state index is 12.4. The molecule has 140 valence electrons. The van der Waals surface area contributed by atoms with Crippen LogP contribution in [0.5, 0.6) is 0 Å². The molecule has 0 radical (unpaired) electrons. The van der Waals surface area contributed by atoms with Gasteiger partial charge in [-0.1, -0.05) is 32.9 Å². The van der Waals surface area contributed by atoms with Crippen molar-refractivity contribution in [1.82, 2.24) is 4.90 Å². The smallest absolute Gasteiger partial charge is 0.341 e. The number of benzene rings is 1. The van der Waals surface area contributed by atoms with Gasteiger partial charge in [-0.3, -0.25) is 0 Å². The van der Waals surface area contributed by atoms with Gasteiger partial charge in [-0.05, 0) is 36.1 Å². The average molecular weight is 358 g/mol. The quantitative estimate of drug-likeness (QED) is 0.826. The fourth-order valence-corrected chi connectivity index (χ4v) is 2.51. The number of nitrogens with one attached hydrogen (secondary N) is 1. The van der Waals surface area contributed by atoms with Crippen LogP contribution in [0.25, 0.3) is 0 Å². The number of amides is 2. The molecule has 2 amide bonds. The summed E-state index contributed by atoms with van der Waals surface area (Å²) in [6.07, 6.45) is 0. The highest BCUT2D eigenvalue weighted by Crippen LogP contribution is 2.23. The molecule has 0 aliphatic heterocycles. The largest absolute Gasteiger partial charge is 0.465 e. The molecule has 0 spiro atoms. The third kappa shape index (κ3) is 4.65. The number of ether oxygens (including phenoxy) is 1. The number of hydrogen-bond acceptors (Lipinski definition) is 4. The summed E-state index contributed by atoms with van der Waals surface area (Å²) in [5.41, 5.74) is 2.36. The SMILES string of the molecule is COC(=O)c1cc(CN(C)C(=O)Nc2ccc(C(C)(C)C)cc2)oc1C. The van der Waals surface area contributed by atoms with Gasteiger partial charge < -0.3 is 19.4 Å². The Morgan fingerprint density at radius 3 is 2.35 bits per heavy atom. The van der Waals surface area contributed by atoms with Crippen molar-refractivity contribution in [3.8, 4) is 0 Å². The summed E-state index contributed by atoms with van der Waals surface area (Å²) in [5.74, 6) is 0.533. The Morgan fingerprint density at radius 2 is 1.81 bits per heavy atom. The van der Waals surface area contributed by atoms with Crippen LogP contribution in [-0.2, 0) is 16.7 Å². The molecule has 6 heteroatoms. The molecule has 1 heterocycles. The fourth-order valence-electron chi connectivity index (χ4n) is 2.51. The van der Waals surface area contributed by atoms with E-state index in [1.807, 2.05) is 24.3 Å². The van der Waals surface area contributed by atoms with E-state index in [4.69, 9.17) is 9.15 Å². The summed E-state index contributed by atoms with van der Waals surface area (Å²) < 4.78 is 10.2. The standard InChI is InChI=1S/C20H26N2O4/c1-13-17(18(23)25-6)11-16(26-13)12-22(5)19(24)21-15-9-7-14(8-10-15)20(2,3)4/h7-11H,12H2,1-6H3,(H,21,24). The Hall–Kier alpha value is -2.76.